The smallest absolute Gasteiger partial charge is 0.0546 e. The normalized spacial score (nSPS) is 13.3. The summed E-state index contributed by atoms with van der Waals surface area (Å²) in [5.74, 6) is 0. The molecule has 10 rings (SSSR count). The van der Waals surface area contributed by atoms with Gasteiger partial charge in [-0.2, -0.15) is 0 Å². The average molecular weight is 656 g/mol. The molecule has 1 heterocycles. The minimum atomic E-state index is 1.01. The zero-order valence-corrected chi connectivity index (χ0v) is 28.3. The first-order valence-electron chi connectivity index (χ1n) is 17.4. The van der Waals surface area contributed by atoms with Crippen LogP contribution in [0.15, 0.2) is 182 Å². The van der Waals surface area contributed by atoms with E-state index in [1.807, 2.05) is 11.3 Å². The molecule has 1 aliphatic rings. The summed E-state index contributed by atoms with van der Waals surface area (Å²) in [7, 11) is 0. The van der Waals surface area contributed by atoms with Crippen LogP contribution in [0.2, 0.25) is 0 Å². The third kappa shape index (κ3) is 4.68. The summed E-state index contributed by atoms with van der Waals surface area (Å²) in [5, 5.41) is 10.3. The summed E-state index contributed by atoms with van der Waals surface area (Å²) >= 11 is 1.88. The minimum absolute atomic E-state index is 1.01. The Morgan fingerprint density at radius 1 is 0.440 bits per heavy atom. The van der Waals surface area contributed by atoms with Crippen molar-refractivity contribution < 1.29 is 0 Å². The van der Waals surface area contributed by atoms with Crippen molar-refractivity contribution >= 4 is 80.8 Å². The molecular weight excluding hydrogens is 623 g/mol. The van der Waals surface area contributed by atoms with Gasteiger partial charge in [-0.15, -0.1) is 11.3 Å². The highest BCUT2D eigenvalue weighted by Crippen LogP contribution is 2.45. The van der Waals surface area contributed by atoms with Crippen molar-refractivity contribution in [2.24, 2.45) is 0 Å². The molecule has 0 spiro atoms. The molecule has 1 aliphatic carbocycles. The van der Waals surface area contributed by atoms with Crippen molar-refractivity contribution in [3.63, 3.8) is 0 Å². The fourth-order valence-electron chi connectivity index (χ4n) is 8.01. The van der Waals surface area contributed by atoms with Crippen molar-refractivity contribution in [1.29, 1.82) is 0 Å². The van der Waals surface area contributed by atoms with Gasteiger partial charge in [0.25, 0.3) is 0 Å². The number of anilines is 2. The van der Waals surface area contributed by atoms with Crippen LogP contribution in [-0.2, 0) is 0 Å². The van der Waals surface area contributed by atoms with E-state index in [1.54, 1.807) is 0 Å². The van der Waals surface area contributed by atoms with Crippen molar-refractivity contribution in [1.82, 2.24) is 0 Å². The summed E-state index contributed by atoms with van der Waals surface area (Å²) in [5.41, 5.74) is 8.57. The summed E-state index contributed by atoms with van der Waals surface area (Å²) in [6, 6.07) is 60.3. The third-order valence-electron chi connectivity index (χ3n) is 10.3. The molecular formula is C48H33NS. The van der Waals surface area contributed by atoms with Gasteiger partial charge in [-0.25, -0.2) is 0 Å². The van der Waals surface area contributed by atoms with Gasteiger partial charge in [0.1, 0.15) is 0 Å². The van der Waals surface area contributed by atoms with Crippen LogP contribution in [0.1, 0.15) is 18.4 Å². The second-order valence-corrected chi connectivity index (χ2v) is 14.2. The van der Waals surface area contributed by atoms with E-state index in [0.717, 1.165) is 18.5 Å². The maximum absolute atomic E-state index is 2.50. The molecule has 1 nitrogen and oxygen atoms in total. The monoisotopic (exact) mass is 655 g/mol. The zero-order valence-electron chi connectivity index (χ0n) is 27.5. The second kappa shape index (κ2) is 11.9. The summed E-state index contributed by atoms with van der Waals surface area (Å²) < 4.78 is 2.68. The van der Waals surface area contributed by atoms with E-state index < -0.39 is 0 Å². The van der Waals surface area contributed by atoms with Gasteiger partial charge in [0.05, 0.1) is 5.69 Å². The minimum Gasteiger partial charge on any atom is -0.310 e. The predicted octanol–water partition coefficient (Wildman–Crippen LogP) is 14.1. The maximum atomic E-state index is 2.50. The molecule has 0 N–H and O–H groups in total. The Balaban J connectivity index is 1.16. The number of rotatable bonds is 5. The van der Waals surface area contributed by atoms with Crippen LogP contribution in [0.4, 0.5) is 11.4 Å². The van der Waals surface area contributed by atoms with Crippen LogP contribution >= 0.6 is 11.3 Å². The van der Waals surface area contributed by atoms with E-state index in [-0.39, 0.29) is 0 Å². The average Bonchev–Trinajstić information content (AvgIpc) is 3.58. The van der Waals surface area contributed by atoms with Gasteiger partial charge in [-0.3, -0.25) is 0 Å². The summed E-state index contributed by atoms with van der Waals surface area (Å²) in [4.78, 5) is 2.50. The number of hydrogen-bond donors (Lipinski definition) is 0. The zero-order chi connectivity index (χ0) is 33.0. The van der Waals surface area contributed by atoms with E-state index in [0.29, 0.717) is 0 Å². The van der Waals surface area contributed by atoms with E-state index in [1.165, 1.54) is 86.1 Å². The van der Waals surface area contributed by atoms with Gasteiger partial charge < -0.3 is 4.90 Å². The molecule has 2 heteroatoms. The van der Waals surface area contributed by atoms with Gasteiger partial charge in [0.2, 0.25) is 0 Å². The molecule has 9 aromatic rings. The van der Waals surface area contributed by atoms with Crippen LogP contribution in [0.25, 0.3) is 69.2 Å². The van der Waals surface area contributed by atoms with Gasteiger partial charge in [-0.05, 0) is 86.8 Å². The lowest BCUT2D eigenvalue weighted by molar-refractivity contribution is 1.01. The Bertz CT molecular complexity index is 2800. The van der Waals surface area contributed by atoms with Crippen LogP contribution in [-0.4, -0.2) is 0 Å². The highest BCUT2D eigenvalue weighted by Gasteiger charge is 2.24. The fourth-order valence-corrected chi connectivity index (χ4v) is 9.13. The Hall–Kier alpha value is -5.96. The van der Waals surface area contributed by atoms with Gasteiger partial charge >= 0.3 is 0 Å². The largest absolute Gasteiger partial charge is 0.310 e. The molecule has 0 saturated carbocycles. The standard InChI is InChI=1S/C48H33NS/c1-2-13-32(14-3-1)38-17-8-10-23-44(38)49(45-31-34-15-4-5-16-37(34)39-18-6-7-19-41(39)45)35-27-25-33(26-28-35)36-21-12-22-42-40(36)29-30-47-48(42)43-20-9-11-24-46(43)50-47/h1-7,9,11-31H,8,10H2. The molecule has 1 aromatic heterocycles. The van der Waals surface area contributed by atoms with E-state index in [9.17, 15) is 0 Å². The molecule has 0 atom stereocenters. The Labute approximate surface area is 295 Å². The van der Waals surface area contributed by atoms with E-state index in [4.69, 9.17) is 0 Å². The number of hydrogen-bond acceptors (Lipinski definition) is 2. The molecule has 50 heavy (non-hydrogen) atoms. The Kier molecular flexibility index (Phi) is 6.89. The van der Waals surface area contributed by atoms with Crippen LogP contribution in [0.3, 0.4) is 0 Å². The molecule has 236 valence electrons. The number of benzene rings is 8. The van der Waals surface area contributed by atoms with Crippen LogP contribution < -0.4 is 4.90 Å². The highest BCUT2D eigenvalue weighted by atomic mass is 32.1. The first-order chi connectivity index (χ1) is 24.8. The van der Waals surface area contributed by atoms with Crippen molar-refractivity contribution in [2.75, 3.05) is 4.90 Å². The van der Waals surface area contributed by atoms with Gasteiger partial charge in [-0.1, -0.05) is 146 Å². The molecule has 0 amide bonds. The lowest BCUT2D eigenvalue weighted by atomic mass is 9.92. The predicted molar refractivity (Wildman–Crippen MR) is 218 cm³/mol. The number of fused-ring (bicyclic) bond motifs is 8. The first kappa shape index (κ1) is 29.0. The van der Waals surface area contributed by atoms with E-state index >= 15 is 0 Å². The van der Waals surface area contributed by atoms with E-state index in [2.05, 4.69) is 181 Å². The van der Waals surface area contributed by atoms with Gasteiger partial charge in [0.15, 0.2) is 0 Å². The fraction of sp³-hybridized carbons (Fsp3) is 0.0417. The number of thiophene rings is 1. The Morgan fingerprint density at radius 3 is 2.00 bits per heavy atom. The Morgan fingerprint density at radius 2 is 1.14 bits per heavy atom. The van der Waals surface area contributed by atoms with Crippen LogP contribution in [0, 0.1) is 0 Å². The lowest BCUT2D eigenvalue weighted by Gasteiger charge is -2.33. The highest BCUT2D eigenvalue weighted by molar-refractivity contribution is 7.26. The molecule has 8 aromatic carbocycles. The maximum Gasteiger partial charge on any atom is 0.0546 e. The molecule has 0 fully saturated rings. The lowest BCUT2D eigenvalue weighted by Crippen LogP contribution is -2.19. The molecule has 0 aliphatic heterocycles. The summed E-state index contributed by atoms with van der Waals surface area (Å²) in [6.07, 6.45) is 6.89. The number of nitrogens with zero attached hydrogens (tertiary/aromatic N) is 1. The van der Waals surface area contributed by atoms with Crippen molar-refractivity contribution in [3.8, 4) is 11.1 Å². The van der Waals surface area contributed by atoms with Crippen LogP contribution in [0.5, 0.6) is 0 Å². The number of allylic oxidation sites excluding steroid dienone is 3. The SMILES string of the molecule is C1=C(c2ccccc2)C(N(c2ccc(-c3cccc4c3ccc3sc5ccccc5c34)cc2)c2cc3ccccc3c3ccccc23)=CCC1. The first-order valence-corrected chi connectivity index (χ1v) is 18.2. The quantitative estimate of drug-likeness (QED) is 0.167. The molecule has 0 bridgehead atoms. The summed E-state index contributed by atoms with van der Waals surface area (Å²) in [6.45, 7) is 0. The molecule has 0 radical (unpaired) electrons. The third-order valence-corrected chi connectivity index (χ3v) is 11.4. The van der Waals surface area contributed by atoms with Crippen molar-refractivity contribution in [2.45, 2.75) is 12.8 Å². The molecule has 0 unspecified atom stereocenters. The van der Waals surface area contributed by atoms with Gasteiger partial charge in [0, 0.05) is 42.5 Å². The second-order valence-electron chi connectivity index (χ2n) is 13.1. The molecule has 0 saturated heterocycles. The van der Waals surface area contributed by atoms with Crippen molar-refractivity contribution in [3.05, 3.63) is 187 Å². The topological polar surface area (TPSA) is 3.24 Å².